The molecule has 0 bridgehead atoms. The van der Waals surface area contributed by atoms with Crippen LogP contribution in [0.4, 0.5) is 23.3 Å². The summed E-state index contributed by atoms with van der Waals surface area (Å²) in [5, 5.41) is 6.07. The van der Waals surface area contributed by atoms with Gasteiger partial charge in [-0.3, -0.25) is 0 Å². The topological polar surface area (TPSA) is 85.1 Å². The van der Waals surface area contributed by atoms with E-state index in [0.717, 1.165) is 15.9 Å². The van der Waals surface area contributed by atoms with Crippen LogP contribution in [0.3, 0.4) is 0 Å². The van der Waals surface area contributed by atoms with Crippen molar-refractivity contribution < 1.29 is 4.74 Å². The maximum Gasteiger partial charge on any atom is 0.223 e. The van der Waals surface area contributed by atoms with Crippen molar-refractivity contribution >= 4 is 39.2 Å². The summed E-state index contributed by atoms with van der Waals surface area (Å²) in [6.45, 7) is 0. The Morgan fingerprint density at radius 2 is 1.95 bits per heavy atom. The molecule has 4 N–H and O–H groups in total. The van der Waals surface area contributed by atoms with Crippen LogP contribution in [0.15, 0.2) is 28.7 Å². The molecule has 2 rings (SSSR count). The van der Waals surface area contributed by atoms with E-state index in [1.54, 1.807) is 20.2 Å². The number of anilines is 4. The number of methoxy groups -OCH3 is 1. The molecule has 19 heavy (non-hydrogen) atoms. The molecule has 2 aromatic rings. The van der Waals surface area contributed by atoms with Crippen LogP contribution in [0.2, 0.25) is 0 Å². The van der Waals surface area contributed by atoms with Crippen molar-refractivity contribution in [2.45, 2.75) is 0 Å². The summed E-state index contributed by atoms with van der Waals surface area (Å²) in [7, 11) is 3.39. The minimum atomic E-state index is 0.207. The Morgan fingerprint density at radius 3 is 2.63 bits per heavy atom. The molecule has 0 amide bonds. The molecule has 1 aromatic carbocycles. The van der Waals surface area contributed by atoms with Gasteiger partial charge in [-0.2, -0.15) is 9.97 Å². The van der Waals surface area contributed by atoms with Crippen LogP contribution in [0, 0.1) is 0 Å². The number of nitrogens with one attached hydrogen (secondary N) is 2. The first-order valence-electron chi connectivity index (χ1n) is 5.55. The molecule has 0 aliphatic heterocycles. The first kappa shape index (κ1) is 13.4. The number of rotatable bonds is 4. The summed E-state index contributed by atoms with van der Waals surface area (Å²) in [5.74, 6) is 2.21. The van der Waals surface area contributed by atoms with Crippen molar-refractivity contribution in [2.24, 2.45) is 0 Å². The summed E-state index contributed by atoms with van der Waals surface area (Å²) >= 11 is 3.40. The minimum Gasteiger partial charge on any atom is -0.495 e. The number of nitrogens with two attached hydrogens (primary N) is 1. The van der Waals surface area contributed by atoms with Crippen LogP contribution in [-0.4, -0.2) is 24.1 Å². The highest BCUT2D eigenvalue weighted by atomic mass is 79.9. The zero-order chi connectivity index (χ0) is 13.8. The smallest absolute Gasteiger partial charge is 0.223 e. The summed E-state index contributed by atoms with van der Waals surface area (Å²) in [5.41, 5.74) is 6.48. The molecule has 0 unspecified atom stereocenters. The Hall–Kier alpha value is -2.02. The maximum atomic E-state index is 5.63. The third-order valence-electron chi connectivity index (χ3n) is 2.42. The normalized spacial score (nSPS) is 10.1. The Morgan fingerprint density at radius 1 is 1.21 bits per heavy atom. The van der Waals surface area contributed by atoms with Gasteiger partial charge < -0.3 is 21.1 Å². The Bertz CT molecular complexity index is 590. The van der Waals surface area contributed by atoms with E-state index in [1.807, 2.05) is 18.2 Å². The van der Waals surface area contributed by atoms with Gasteiger partial charge in [-0.15, -0.1) is 0 Å². The Labute approximate surface area is 119 Å². The van der Waals surface area contributed by atoms with E-state index >= 15 is 0 Å². The highest BCUT2D eigenvalue weighted by molar-refractivity contribution is 9.10. The second-order valence-corrected chi connectivity index (χ2v) is 4.58. The second-order valence-electron chi connectivity index (χ2n) is 3.72. The van der Waals surface area contributed by atoms with Crippen molar-refractivity contribution in [1.29, 1.82) is 0 Å². The molecule has 1 aromatic heterocycles. The Kier molecular flexibility index (Phi) is 4.06. The summed E-state index contributed by atoms with van der Waals surface area (Å²) in [6.07, 6.45) is 0. The van der Waals surface area contributed by atoms with Gasteiger partial charge in [-0.05, 0) is 28.1 Å². The van der Waals surface area contributed by atoms with Gasteiger partial charge in [0.05, 0.1) is 11.6 Å². The average Bonchev–Trinajstić information content (AvgIpc) is 2.40. The molecule has 7 heteroatoms. The molecule has 0 aliphatic carbocycles. The Balaban J connectivity index is 2.28. The lowest BCUT2D eigenvalue weighted by Crippen LogP contribution is -2.03. The van der Waals surface area contributed by atoms with Gasteiger partial charge in [-0.25, -0.2) is 0 Å². The molecule has 0 fully saturated rings. The molecule has 6 nitrogen and oxygen atoms in total. The van der Waals surface area contributed by atoms with E-state index < -0.39 is 0 Å². The van der Waals surface area contributed by atoms with Crippen molar-refractivity contribution in [3.8, 4) is 5.75 Å². The fourth-order valence-electron chi connectivity index (χ4n) is 1.54. The number of halogens is 1. The van der Waals surface area contributed by atoms with Crippen molar-refractivity contribution in [2.75, 3.05) is 30.5 Å². The van der Waals surface area contributed by atoms with Gasteiger partial charge in [-0.1, -0.05) is 0 Å². The number of hydrogen-bond donors (Lipinski definition) is 3. The van der Waals surface area contributed by atoms with E-state index in [4.69, 9.17) is 10.5 Å². The summed E-state index contributed by atoms with van der Waals surface area (Å²) < 4.78 is 6.12. The molecular weight excluding hydrogens is 310 g/mol. The SMILES string of the molecule is CNc1cc(Nc2ccc(Br)c(OC)c2)nc(N)n1. The standard InChI is InChI=1S/C12H14BrN5O/c1-15-10-6-11(18-12(14)17-10)16-7-3-4-8(13)9(5-7)19-2/h3-6H,1-2H3,(H4,14,15,16,17,18). The van der Waals surface area contributed by atoms with Crippen molar-refractivity contribution in [1.82, 2.24) is 9.97 Å². The number of hydrogen-bond acceptors (Lipinski definition) is 6. The minimum absolute atomic E-state index is 0.207. The summed E-state index contributed by atoms with van der Waals surface area (Å²) in [4.78, 5) is 8.14. The zero-order valence-electron chi connectivity index (χ0n) is 10.6. The number of ether oxygens (including phenoxy) is 1. The lowest BCUT2D eigenvalue weighted by Gasteiger charge is -2.10. The molecule has 0 atom stereocenters. The first-order chi connectivity index (χ1) is 9.12. The number of nitrogens with zero attached hydrogens (tertiary/aromatic N) is 2. The van der Waals surface area contributed by atoms with Crippen LogP contribution < -0.4 is 21.1 Å². The first-order valence-corrected chi connectivity index (χ1v) is 6.34. The largest absolute Gasteiger partial charge is 0.495 e. The van der Waals surface area contributed by atoms with Gasteiger partial charge in [0.2, 0.25) is 5.95 Å². The van der Waals surface area contributed by atoms with E-state index in [1.165, 1.54) is 0 Å². The quantitative estimate of drug-likeness (QED) is 0.802. The van der Waals surface area contributed by atoms with Gasteiger partial charge >= 0.3 is 0 Å². The van der Waals surface area contributed by atoms with Gasteiger partial charge in [0.15, 0.2) is 0 Å². The van der Waals surface area contributed by atoms with E-state index in [2.05, 4.69) is 36.5 Å². The molecule has 1 heterocycles. The average molecular weight is 324 g/mol. The lowest BCUT2D eigenvalue weighted by molar-refractivity contribution is 0.412. The molecular formula is C12H14BrN5O. The third-order valence-corrected chi connectivity index (χ3v) is 3.08. The fraction of sp³-hybridized carbons (Fsp3) is 0.167. The monoisotopic (exact) mass is 323 g/mol. The lowest BCUT2D eigenvalue weighted by atomic mass is 10.3. The van der Waals surface area contributed by atoms with Crippen LogP contribution in [0.25, 0.3) is 0 Å². The van der Waals surface area contributed by atoms with Crippen molar-refractivity contribution in [3.63, 3.8) is 0 Å². The van der Waals surface area contributed by atoms with Gasteiger partial charge in [0.1, 0.15) is 17.4 Å². The molecule has 0 saturated heterocycles. The molecule has 0 spiro atoms. The van der Waals surface area contributed by atoms with Crippen LogP contribution in [0.5, 0.6) is 5.75 Å². The zero-order valence-corrected chi connectivity index (χ0v) is 12.2. The predicted octanol–water partition coefficient (Wildman–Crippen LogP) is 2.62. The molecule has 0 radical (unpaired) electrons. The van der Waals surface area contributed by atoms with Crippen LogP contribution in [-0.2, 0) is 0 Å². The molecule has 0 aliphatic rings. The third kappa shape index (κ3) is 3.25. The molecule has 100 valence electrons. The number of nitrogen functional groups attached to an aromatic ring is 1. The van der Waals surface area contributed by atoms with Crippen LogP contribution in [0.1, 0.15) is 0 Å². The van der Waals surface area contributed by atoms with Crippen LogP contribution >= 0.6 is 15.9 Å². The number of benzene rings is 1. The maximum absolute atomic E-state index is 5.63. The van der Waals surface area contributed by atoms with Gasteiger partial charge in [0.25, 0.3) is 0 Å². The van der Waals surface area contributed by atoms with E-state index in [9.17, 15) is 0 Å². The highest BCUT2D eigenvalue weighted by Gasteiger charge is 2.05. The summed E-state index contributed by atoms with van der Waals surface area (Å²) in [6, 6.07) is 7.43. The van der Waals surface area contributed by atoms with Gasteiger partial charge in [0, 0.05) is 24.9 Å². The number of aromatic nitrogens is 2. The van der Waals surface area contributed by atoms with E-state index in [-0.39, 0.29) is 5.95 Å². The van der Waals surface area contributed by atoms with E-state index in [0.29, 0.717) is 11.6 Å². The fourth-order valence-corrected chi connectivity index (χ4v) is 1.95. The van der Waals surface area contributed by atoms with Crippen molar-refractivity contribution in [3.05, 3.63) is 28.7 Å². The highest BCUT2D eigenvalue weighted by Crippen LogP contribution is 2.29. The second kappa shape index (κ2) is 5.75. The molecule has 0 saturated carbocycles. The predicted molar refractivity (Wildman–Crippen MR) is 80.0 cm³/mol.